The minimum Gasteiger partial charge on any atom is -0.515 e. The zero-order chi connectivity index (χ0) is 16.9. The molecule has 0 amide bonds. The lowest BCUT2D eigenvalue weighted by atomic mass is 9.52. The van der Waals surface area contributed by atoms with Crippen LogP contribution in [-0.2, 0) is 16.6 Å². The van der Waals surface area contributed by atoms with Crippen LogP contribution in [0.1, 0.15) is 36.6 Å². The van der Waals surface area contributed by atoms with Crippen molar-refractivity contribution in [3.05, 3.63) is 64.9 Å². The molecule has 0 aliphatic heterocycles. The molecule has 0 saturated heterocycles. The Bertz CT molecular complexity index is 824. The molecule has 2 aliphatic rings. The third kappa shape index (κ3) is 1.90. The number of ketones is 1. The van der Waals surface area contributed by atoms with Crippen molar-refractivity contribution in [1.29, 1.82) is 0 Å². The minimum absolute atomic E-state index is 0.000720. The first-order valence-corrected chi connectivity index (χ1v) is 8.24. The Balaban J connectivity index is 1.99. The van der Waals surface area contributed by atoms with E-state index in [4.69, 9.17) is 0 Å². The summed E-state index contributed by atoms with van der Waals surface area (Å²) >= 11 is 0. The van der Waals surface area contributed by atoms with Gasteiger partial charge in [0, 0.05) is 23.1 Å². The van der Waals surface area contributed by atoms with Crippen molar-refractivity contribution in [2.45, 2.75) is 31.6 Å². The number of rotatable bonds is 1. The number of carbonyl (C=O) groups excluding carboxylic acids is 1. The number of hydrogen-bond donors (Lipinski definition) is 2. The summed E-state index contributed by atoms with van der Waals surface area (Å²) in [4.78, 5) is 12.6. The van der Waals surface area contributed by atoms with E-state index in [0.29, 0.717) is 12.0 Å². The second-order valence-electron chi connectivity index (χ2n) is 6.87. The maximum absolute atomic E-state index is 13.5. The molecule has 4 rings (SSSR count). The van der Waals surface area contributed by atoms with Crippen LogP contribution in [0.15, 0.2) is 42.3 Å². The lowest BCUT2D eigenvalue weighted by Gasteiger charge is -2.49. The second-order valence-corrected chi connectivity index (χ2v) is 6.87. The van der Waals surface area contributed by atoms with E-state index >= 15 is 0 Å². The molecular weight excluding hydrogens is 307 g/mol. The van der Waals surface area contributed by atoms with Crippen LogP contribution in [0.5, 0.6) is 0 Å². The van der Waals surface area contributed by atoms with Gasteiger partial charge >= 0.3 is 0 Å². The monoisotopic (exact) mass is 326 g/mol. The Hall–Kier alpha value is -2.43. The number of benzene rings is 1. The topological polar surface area (TPSA) is 66.0 Å². The highest BCUT2D eigenvalue weighted by Gasteiger charge is 2.55. The lowest BCUT2D eigenvalue weighted by molar-refractivity contribution is -0.123. The normalized spacial score (nSPS) is 30.9. The molecule has 1 fully saturated rings. The quantitative estimate of drug-likeness (QED) is 0.623. The third-order valence-electron chi connectivity index (χ3n) is 5.82. The number of aromatic amines is 1. The summed E-state index contributed by atoms with van der Waals surface area (Å²) in [6.45, 7) is 1.92. The van der Waals surface area contributed by atoms with E-state index in [-0.39, 0.29) is 23.4 Å². The molecule has 1 saturated carbocycles. The molecule has 2 aromatic rings. The zero-order valence-electron chi connectivity index (χ0n) is 13.4. The van der Waals surface area contributed by atoms with Gasteiger partial charge in [0.2, 0.25) is 0 Å². The summed E-state index contributed by atoms with van der Waals surface area (Å²) in [5, 5.41) is 17.1. The van der Waals surface area contributed by atoms with Crippen molar-refractivity contribution >= 4 is 5.78 Å². The van der Waals surface area contributed by atoms with Crippen LogP contribution in [0.2, 0.25) is 0 Å². The molecule has 2 aliphatic carbocycles. The molecule has 5 heteroatoms. The number of halogens is 1. The molecule has 0 bridgehead atoms. The number of allylic oxidation sites excluding steroid dienone is 1. The van der Waals surface area contributed by atoms with Crippen molar-refractivity contribution in [3.8, 4) is 0 Å². The van der Waals surface area contributed by atoms with Crippen LogP contribution in [0.25, 0.3) is 0 Å². The molecule has 1 aromatic heterocycles. The SMILES string of the molecule is C[C@@H]1C(=O)/C(=C\O)C[C@]2(c3ccc(F)cc3)c3n[nH]cc3CC[C@@H]12. The fourth-order valence-corrected chi connectivity index (χ4v) is 4.69. The zero-order valence-corrected chi connectivity index (χ0v) is 13.4. The molecule has 2 N–H and O–H groups in total. The average molecular weight is 326 g/mol. The van der Waals surface area contributed by atoms with Crippen LogP contribution in [-0.4, -0.2) is 21.1 Å². The van der Waals surface area contributed by atoms with Gasteiger partial charge in [0.15, 0.2) is 5.78 Å². The smallest absolute Gasteiger partial charge is 0.165 e. The van der Waals surface area contributed by atoms with E-state index in [1.54, 1.807) is 12.1 Å². The van der Waals surface area contributed by atoms with Gasteiger partial charge < -0.3 is 5.11 Å². The summed E-state index contributed by atoms with van der Waals surface area (Å²) in [7, 11) is 0. The third-order valence-corrected chi connectivity index (χ3v) is 5.82. The van der Waals surface area contributed by atoms with Crippen LogP contribution >= 0.6 is 0 Å². The number of aromatic nitrogens is 2. The highest BCUT2D eigenvalue weighted by atomic mass is 19.1. The highest BCUT2D eigenvalue weighted by Crippen LogP contribution is 2.55. The summed E-state index contributed by atoms with van der Waals surface area (Å²) in [5.74, 6) is -0.427. The fraction of sp³-hybridized carbons (Fsp3) is 0.368. The van der Waals surface area contributed by atoms with E-state index in [0.717, 1.165) is 35.9 Å². The predicted molar refractivity (Wildman–Crippen MR) is 87.1 cm³/mol. The van der Waals surface area contributed by atoms with Gasteiger partial charge in [-0.3, -0.25) is 9.89 Å². The van der Waals surface area contributed by atoms with Crippen molar-refractivity contribution in [2.75, 3.05) is 0 Å². The Morgan fingerprint density at radius 1 is 1.38 bits per heavy atom. The molecular formula is C19H19FN2O2. The van der Waals surface area contributed by atoms with Crippen molar-refractivity contribution in [3.63, 3.8) is 0 Å². The van der Waals surface area contributed by atoms with E-state index in [9.17, 15) is 14.3 Å². The second kappa shape index (κ2) is 5.30. The Morgan fingerprint density at radius 3 is 2.83 bits per heavy atom. The molecule has 0 radical (unpaired) electrons. The van der Waals surface area contributed by atoms with Gasteiger partial charge in [0.25, 0.3) is 0 Å². The van der Waals surface area contributed by atoms with Crippen molar-refractivity contribution in [1.82, 2.24) is 10.2 Å². The fourth-order valence-electron chi connectivity index (χ4n) is 4.69. The molecule has 1 heterocycles. The van der Waals surface area contributed by atoms with E-state index in [2.05, 4.69) is 10.2 Å². The average Bonchev–Trinajstić information content (AvgIpc) is 3.08. The largest absolute Gasteiger partial charge is 0.515 e. The van der Waals surface area contributed by atoms with Gasteiger partial charge in [0.05, 0.1) is 12.0 Å². The molecule has 124 valence electrons. The van der Waals surface area contributed by atoms with Crippen LogP contribution in [0.3, 0.4) is 0 Å². The molecule has 0 spiro atoms. The number of nitrogens with zero attached hydrogens (tertiary/aromatic N) is 1. The van der Waals surface area contributed by atoms with Crippen molar-refractivity contribution in [2.24, 2.45) is 11.8 Å². The van der Waals surface area contributed by atoms with Gasteiger partial charge in [-0.25, -0.2) is 4.39 Å². The standard InChI is InChI=1S/C19H19FN2O2/c1-11-16-7-2-12-9-21-22-18(12)19(16,8-13(10-23)17(11)24)14-3-5-15(20)6-4-14/h3-6,9-11,16,23H,2,7-8H2,1H3,(H,21,22)/b13-10-/t11-,16-,19+/m0/s1. The minimum atomic E-state index is -0.511. The summed E-state index contributed by atoms with van der Waals surface area (Å²) < 4.78 is 13.5. The lowest BCUT2D eigenvalue weighted by Crippen LogP contribution is -2.50. The van der Waals surface area contributed by atoms with Gasteiger partial charge in [-0.1, -0.05) is 19.1 Å². The molecule has 24 heavy (non-hydrogen) atoms. The number of fused-ring (bicyclic) bond motifs is 3. The maximum Gasteiger partial charge on any atom is 0.165 e. The van der Waals surface area contributed by atoms with Gasteiger partial charge in [-0.2, -0.15) is 5.10 Å². The number of Topliss-reactive ketones (excluding diaryl/α,β-unsaturated/α-hetero) is 1. The molecule has 4 nitrogen and oxygen atoms in total. The highest BCUT2D eigenvalue weighted by molar-refractivity contribution is 5.98. The summed E-state index contributed by atoms with van der Waals surface area (Å²) in [5.41, 5.74) is 2.90. The summed E-state index contributed by atoms with van der Waals surface area (Å²) in [6.07, 6.45) is 4.97. The first-order valence-electron chi connectivity index (χ1n) is 8.24. The molecule has 1 aromatic carbocycles. The van der Waals surface area contributed by atoms with Crippen LogP contribution in [0.4, 0.5) is 4.39 Å². The number of aliphatic hydroxyl groups excluding tert-OH is 1. The number of hydrogen-bond acceptors (Lipinski definition) is 3. The first-order chi connectivity index (χ1) is 11.6. The molecule has 3 atom stereocenters. The van der Waals surface area contributed by atoms with E-state index in [1.165, 1.54) is 12.1 Å². The Kier molecular flexibility index (Phi) is 3.34. The maximum atomic E-state index is 13.5. The van der Waals surface area contributed by atoms with Crippen molar-refractivity contribution < 1.29 is 14.3 Å². The predicted octanol–water partition coefficient (Wildman–Crippen LogP) is 3.45. The Labute approximate surface area is 139 Å². The number of aryl methyl sites for hydroxylation is 1. The van der Waals surface area contributed by atoms with Gasteiger partial charge in [0.1, 0.15) is 5.82 Å². The van der Waals surface area contributed by atoms with Crippen LogP contribution in [0, 0.1) is 17.7 Å². The first kappa shape index (κ1) is 15.1. The Morgan fingerprint density at radius 2 is 2.12 bits per heavy atom. The number of carbonyl (C=O) groups is 1. The van der Waals surface area contributed by atoms with Crippen LogP contribution < -0.4 is 0 Å². The summed E-state index contributed by atoms with van der Waals surface area (Å²) in [6, 6.07) is 6.46. The van der Waals surface area contributed by atoms with Gasteiger partial charge in [-0.15, -0.1) is 0 Å². The molecule has 0 unspecified atom stereocenters. The number of H-pyrrole nitrogens is 1. The number of aliphatic hydroxyl groups is 1. The number of nitrogens with one attached hydrogen (secondary N) is 1. The van der Waals surface area contributed by atoms with Gasteiger partial charge in [-0.05, 0) is 48.4 Å². The van der Waals surface area contributed by atoms with E-state index in [1.807, 2.05) is 13.1 Å². The van der Waals surface area contributed by atoms with E-state index < -0.39 is 5.41 Å².